The third-order valence-electron chi connectivity index (χ3n) is 5.01. The summed E-state index contributed by atoms with van der Waals surface area (Å²) in [5, 5.41) is 11.6. The van der Waals surface area contributed by atoms with Gasteiger partial charge in [0.15, 0.2) is 15.7 Å². The first-order chi connectivity index (χ1) is 11.0. The van der Waals surface area contributed by atoms with Crippen LogP contribution in [0.2, 0.25) is 0 Å². The van der Waals surface area contributed by atoms with E-state index >= 15 is 0 Å². The van der Waals surface area contributed by atoms with Crippen LogP contribution in [-0.2, 0) is 9.84 Å². The average molecular weight is 338 g/mol. The van der Waals surface area contributed by atoms with Crippen LogP contribution in [0.4, 0.5) is 5.82 Å². The van der Waals surface area contributed by atoms with E-state index in [4.69, 9.17) is 0 Å². The molecule has 1 aromatic heterocycles. The van der Waals surface area contributed by atoms with Gasteiger partial charge in [-0.25, -0.2) is 8.42 Å². The van der Waals surface area contributed by atoms with Crippen molar-refractivity contribution in [2.45, 2.75) is 55.9 Å². The van der Waals surface area contributed by atoms with Crippen molar-refractivity contribution in [3.05, 3.63) is 18.3 Å². The summed E-state index contributed by atoms with van der Waals surface area (Å²) in [5.41, 5.74) is 0. The Bertz CT molecular complexity index is 608. The fourth-order valence-corrected chi connectivity index (χ4v) is 5.29. The number of aromatic nitrogens is 2. The molecule has 3 atom stereocenters. The topological polar surface area (TPSA) is 75.2 Å². The molecular formula is C16H26N4O2S. The summed E-state index contributed by atoms with van der Waals surface area (Å²) in [6.07, 6.45) is 9.12. The molecule has 1 saturated carbocycles. The molecule has 23 heavy (non-hydrogen) atoms. The highest BCUT2D eigenvalue weighted by Crippen LogP contribution is 2.26. The summed E-state index contributed by atoms with van der Waals surface area (Å²) >= 11 is 0. The second-order valence-electron chi connectivity index (χ2n) is 6.79. The van der Waals surface area contributed by atoms with Crippen LogP contribution in [-0.4, -0.2) is 55.3 Å². The molecule has 6 nitrogen and oxygen atoms in total. The number of anilines is 1. The van der Waals surface area contributed by atoms with Gasteiger partial charge in [-0.05, 0) is 37.8 Å². The van der Waals surface area contributed by atoms with E-state index < -0.39 is 9.84 Å². The summed E-state index contributed by atoms with van der Waals surface area (Å²) in [6, 6.07) is 4.29. The minimum Gasteiger partial charge on any atom is -0.354 e. The monoisotopic (exact) mass is 338 g/mol. The number of nitrogens with one attached hydrogen (secondary N) is 1. The van der Waals surface area contributed by atoms with Gasteiger partial charge < -0.3 is 10.2 Å². The molecule has 0 spiro atoms. The van der Waals surface area contributed by atoms with Crippen molar-refractivity contribution in [2.24, 2.45) is 0 Å². The van der Waals surface area contributed by atoms with Gasteiger partial charge in [-0.1, -0.05) is 12.8 Å². The molecule has 0 radical (unpaired) electrons. The van der Waals surface area contributed by atoms with Crippen LogP contribution in [0, 0.1) is 0 Å². The third-order valence-corrected chi connectivity index (χ3v) is 6.67. The Labute approximate surface area is 138 Å². The van der Waals surface area contributed by atoms with Crippen molar-refractivity contribution in [3.8, 4) is 0 Å². The quantitative estimate of drug-likeness (QED) is 0.894. The highest BCUT2D eigenvalue weighted by atomic mass is 32.2. The standard InChI is InChI=1S/C16H26N4O2S/c1-23(21,22)15-8-3-2-7-14(15)18-13-6-5-11-20(12-13)16-9-4-10-17-19-16/h4,9-10,13-15,18H,2-3,5-8,11-12H2,1H3. The van der Waals surface area contributed by atoms with Crippen LogP contribution in [0.3, 0.4) is 0 Å². The van der Waals surface area contributed by atoms with Gasteiger partial charge in [0.1, 0.15) is 0 Å². The Morgan fingerprint density at radius 3 is 2.78 bits per heavy atom. The number of hydrogen-bond acceptors (Lipinski definition) is 6. The first-order valence-corrected chi connectivity index (χ1v) is 10.5. The molecule has 1 aliphatic heterocycles. The van der Waals surface area contributed by atoms with Gasteiger partial charge in [-0.15, -0.1) is 5.10 Å². The smallest absolute Gasteiger partial charge is 0.151 e. The second-order valence-corrected chi connectivity index (χ2v) is 9.06. The zero-order valence-corrected chi connectivity index (χ0v) is 14.5. The van der Waals surface area contributed by atoms with Crippen LogP contribution in [0.15, 0.2) is 18.3 Å². The van der Waals surface area contributed by atoms with E-state index in [1.807, 2.05) is 12.1 Å². The molecule has 0 aromatic carbocycles. The molecule has 1 aliphatic carbocycles. The van der Waals surface area contributed by atoms with Gasteiger partial charge in [0, 0.05) is 37.6 Å². The molecule has 128 valence electrons. The first kappa shape index (κ1) is 16.6. The van der Waals surface area contributed by atoms with E-state index in [2.05, 4.69) is 20.4 Å². The van der Waals surface area contributed by atoms with Gasteiger partial charge in [0.2, 0.25) is 0 Å². The lowest BCUT2D eigenvalue weighted by Gasteiger charge is -2.39. The highest BCUT2D eigenvalue weighted by Gasteiger charge is 2.34. The van der Waals surface area contributed by atoms with Gasteiger partial charge in [0.25, 0.3) is 0 Å². The van der Waals surface area contributed by atoms with Gasteiger partial charge in [0.05, 0.1) is 5.25 Å². The SMILES string of the molecule is CS(=O)(=O)C1CCCCC1NC1CCCN(c2cccnn2)C1. The third kappa shape index (κ3) is 4.20. The van der Waals surface area contributed by atoms with E-state index in [9.17, 15) is 8.42 Å². The summed E-state index contributed by atoms with van der Waals surface area (Å²) < 4.78 is 24.1. The summed E-state index contributed by atoms with van der Waals surface area (Å²) in [4.78, 5) is 2.24. The highest BCUT2D eigenvalue weighted by molar-refractivity contribution is 7.91. The fraction of sp³-hybridized carbons (Fsp3) is 0.750. The molecule has 0 amide bonds. The summed E-state index contributed by atoms with van der Waals surface area (Å²) in [5.74, 6) is 0.905. The molecule has 2 fully saturated rings. The summed E-state index contributed by atoms with van der Waals surface area (Å²) in [7, 11) is -2.99. The predicted molar refractivity (Wildman–Crippen MR) is 91.3 cm³/mol. The minimum atomic E-state index is -2.99. The molecule has 1 aromatic rings. The van der Waals surface area contributed by atoms with Crippen molar-refractivity contribution < 1.29 is 8.42 Å². The second kappa shape index (κ2) is 7.13. The van der Waals surface area contributed by atoms with E-state index in [1.165, 1.54) is 6.26 Å². The largest absolute Gasteiger partial charge is 0.354 e. The van der Waals surface area contributed by atoms with Crippen LogP contribution >= 0.6 is 0 Å². The maximum atomic E-state index is 12.1. The van der Waals surface area contributed by atoms with E-state index in [0.29, 0.717) is 6.04 Å². The Balaban J connectivity index is 1.65. The molecule has 2 aliphatic rings. The van der Waals surface area contributed by atoms with E-state index in [0.717, 1.165) is 57.4 Å². The van der Waals surface area contributed by atoms with Gasteiger partial charge in [-0.3, -0.25) is 0 Å². The van der Waals surface area contributed by atoms with Crippen LogP contribution in [0.25, 0.3) is 0 Å². The first-order valence-electron chi connectivity index (χ1n) is 8.51. The molecule has 1 N–H and O–H groups in total. The Hall–Kier alpha value is -1.21. The molecule has 2 heterocycles. The van der Waals surface area contributed by atoms with E-state index in [1.54, 1.807) is 6.20 Å². The lowest BCUT2D eigenvalue weighted by Crippen LogP contribution is -2.54. The Morgan fingerprint density at radius 2 is 2.04 bits per heavy atom. The predicted octanol–water partition coefficient (Wildman–Crippen LogP) is 1.39. The number of rotatable bonds is 4. The van der Waals surface area contributed by atoms with Crippen molar-refractivity contribution in [1.82, 2.24) is 15.5 Å². The maximum absolute atomic E-state index is 12.1. The van der Waals surface area contributed by atoms with Gasteiger partial charge in [-0.2, -0.15) is 5.10 Å². The summed E-state index contributed by atoms with van der Waals surface area (Å²) in [6.45, 7) is 1.85. The Kier molecular flexibility index (Phi) is 5.16. The molecule has 1 saturated heterocycles. The van der Waals surface area contributed by atoms with Crippen molar-refractivity contribution in [3.63, 3.8) is 0 Å². The molecule has 0 bridgehead atoms. The number of nitrogens with zero attached hydrogens (tertiary/aromatic N) is 3. The van der Waals surface area contributed by atoms with Crippen molar-refractivity contribution in [2.75, 3.05) is 24.2 Å². The maximum Gasteiger partial charge on any atom is 0.151 e. The fourth-order valence-electron chi connectivity index (χ4n) is 3.89. The van der Waals surface area contributed by atoms with Crippen LogP contribution in [0.1, 0.15) is 38.5 Å². The number of hydrogen-bond donors (Lipinski definition) is 1. The zero-order valence-electron chi connectivity index (χ0n) is 13.7. The zero-order chi connectivity index (χ0) is 16.3. The number of piperidine rings is 1. The Morgan fingerprint density at radius 1 is 1.22 bits per heavy atom. The normalized spacial score (nSPS) is 29.4. The van der Waals surface area contributed by atoms with Gasteiger partial charge >= 0.3 is 0 Å². The lowest BCUT2D eigenvalue weighted by atomic mass is 9.93. The number of sulfone groups is 1. The van der Waals surface area contributed by atoms with Crippen molar-refractivity contribution >= 4 is 15.7 Å². The average Bonchev–Trinajstić information content (AvgIpc) is 2.55. The molecular weight excluding hydrogens is 312 g/mol. The molecule has 7 heteroatoms. The molecule has 3 unspecified atom stereocenters. The molecule has 3 rings (SSSR count). The van der Waals surface area contributed by atoms with Crippen LogP contribution in [0.5, 0.6) is 0 Å². The van der Waals surface area contributed by atoms with Crippen LogP contribution < -0.4 is 10.2 Å². The lowest BCUT2D eigenvalue weighted by molar-refractivity contribution is 0.312. The minimum absolute atomic E-state index is 0.0885. The van der Waals surface area contributed by atoms with E-state index in [-0.39, 0.29) is 11.3 Å². The van der Waals surface area contributed by atoms with Crippen molar-refractivity contribution in [1.29, 1.82) is 0 Å².